The Kier molecular flexibility index (Phi) is 7.37. The van der Waals surface area contributed by atoms with Crippen LogP contribution in [0.3, 0.4) is 0 Å². The van der Waals surface area contributed by atoms with Crippen molar-refractivity contribution < 1.29 is 9.18 Å². The summed E-state index contributed by atoms with van der Waals surface area (Å²) in [5.74, 6) is 0.363. The lowest BCUT2D eigenvalue weighted by Gasteiger charge is -2.31. The minimum atomic E-state index is -0.314. The summed E-state index contributed by atoms with van der Waals surface area (Å²) in [6.45, 7) is 4.12. The van der Waals surface area contributed by atoms with Crippen LogP contribution in [0, 0.1) is 17.1 Å². The summed E-state index contributed by atoms with van der Waals surface area (Å²) in [7, 11) is 0. The lowest BCUT2D eigenvalue weighted by molar-refractivity contribution is -0.113. The van der Waals surface area contributed by atoms with Crippen LogP contribution >= 0.6 is 11.8 Å². The summed E-state index contributed by atoms with van der Waals surface area (Å²) in [5.41, 5.74) is 1.80. The van der Waals surface area contributed by atoms with Crippen molar-refractivity contribution in [3.05, 3.63) is 65.7 Å². The van der Waals surface area contributed by atoms with Gasteiger partial charge in [0.2, 0.25) is 5.91 Å². The van der Waals surface area contributed by atoms with Crippen LogP contribution in [-0.2, 0) is 4.79 Å². The molecule has 1 N–H and O–H groups in total. The first kappa shape index (κ1) is 23.0. The molecule has 0 spiro atoms. The zero-order valence-corrected chi connectivity index (χ0v) is 19.2. The SMILES string of the molecule is CC(c1nnc(SCC(=O)Nc2cccc(C#N)c2)n1-c1ccc(F)cc1)N1CCCCC1. The van der Waals surface area contributed by atoms with E-state index in [1.165, 1.54) is 30.3 Å². The fourth-order valence-electron chi connectivity index (χ4n) is 3.94. The van der Waals surface area contributed by atoms with Crippen molar-refractivity contribution in [1.82, 2.24) is 19.7 Å². The molecule has 7 nitrogen and oxygen atoms in total. The van der Waals surface area contributed by atoms with Crippen molar-refractivity contribution in [1.29, 1.82) is 5.26 Å². The number of nitrogens with zero attached hydrogens (tertiary/aromatic N) is 5. The Morgan fingerprint density at radius 1 is 1.18 bits per heavy atom. The third-order valence-electron chi connectivity index (χ3n) is 5.66. The molecular weight excluding hydrogens is 439 g/mol. The Balaban J connectivity index is 1.54. The number of halogens is 1. The van der Waals surface area contributed by atoms with E-state index in [0.717, 1.165) is 37.4 Å². The number of carbonyl (C=O) groups is 1. The average Bonchev–Trinajstić information content (AvgIpc) is 3.27. The largest absolute Gasteiger partial charge is 0.325 e. The summed E-state index contributed by atoms with van der Waals surface area (Å²) in [6, 6.07) is 15.1. The molecule has 1 aliphatic rings. The van der Waals surface area contributed by atoms with Gasteiger partial charge in [-0.2, -0.15) is 5.26 Å². The predicted molar refractivity (Wildman–Crippen MR) is 126 cm³/mol. The molecule has 1 atom stereocenters. The van der Waals surface area contributed by atoms with Crippen molar-refractivity contribution in [3.8, 4) is 11.8 Å². The molecule has 0 radical (unpaired) electrons. The highest BCUT2D eigenvalue weighted by molar-refractivity contribution is 7.99. The lowest BCUT2D eigenvalue weighted by Crippen LogP contribution is -2.33. The number of nitrogens with one attached hydrogen (secondary N) is 1. The minimum absolute atomic E-state index is 0.0414. The molecule has 2 heterocycles. The van der Waals surface area contributed by atoms with E-state index in [2.05, 4.69) is 33.4 Å². The van der Waals surface area contributed by atoms with Gasteiger partial charge >= 0.3 is 0 Å². The maximum Gasteiger partial charge on any atom is 0.234 e. The number of thioether (sulfide) groups is 1. The van der Waals surface area contributed by atoms with Crippen LogP contribution in [0.2, 0.25) is 0 Å². The number of hydrogen-bond acceptors (Lipinski definition) is 6. The van der Waals surface area contributed by atoms with Gasteiger partial charge in [0.1, 0.15) is 5.82 Å². The maximum absolute atomic E-state index is 13.6. The van der Waals surface area contributed by atoms with E-state index in [-0.39, 0.29) is 23.5 Å². The highest BCUT2D eigenvalue weighted by Gasteiger charge is 2.25. The highest BCUT2D eigenvalue weighted by atomic mass is 32.2. The molecule has 1 aliphatic heterocycles. The number of anilines is 1. The molecule has 4 rings (SSSR count). The monoisotopic (exact) mass is 464 g/mol. The molecule has 33 heavy (non-hydrogen) atoms. The van der Waals surface area contributed by atoms with Gasteiger partial charge in [-0.1, -0.05) is 24.2 Å². The van der Waals surface area contributed by atoms with E-state index >= 15 is 0 Å². The first-order valence-electron chi connectivity index (χ1n) is 10.9. The van der Waals surface area contributed by atoms with Gasteiger partial charge in [0.05, 0.1) is 23.4 Å². The molecule has 1 amide bonds. The number of piperidine rings is 1. The second kappa shape index (κ2) is 10.6. The van der Waals surface area contributed by atoms with Gasteiger partial charge < -0.3 is 5.32 Å². The molecule has 0 saturated carbocycles. The Bertz CT molecular complexity index is 1150. The van der Waals surface area contributed by atoms with Gasteiger partial charge in [-0.15, -0.1) is 10.2 Å². The number of aromatic nitrogens is 3. The van der Waals surface area contributed by atoms with Gasteiger partial charge in [-0.05, 0) is 75.3 Å². The standard InChI is InChI=1S/C24H25FN6OS/c1-17(30-12-3-2-4-13-30)23-28-29-24(31(23)21-10-8-19(25)9-11-21)33-16-22(32)27-20-7-5-6-18(14-20)15-26/h5-11,14,17H,2-4,12-13,16H2,1H3,(H,27,32). The molecule has 3 aromatic rings. The third kappa shape index (κ3) is 5.59. The molecular formula is C24H25FN6OS. The predicted octanol–water partition coefficient (Wildman–Crippen LogP) is 4.56. The first-order valence-corrected chi connectivity index (χ1v) is 11.9. The van der Waals surface area contributed by atoms with E-state index in [9.17, 15) is 9.18 Å². The van der Waals surface area contributed by atoms with Crippen LogP contribution in [0.5, 0.6) is 0 Å². The van der Waals surface area contributed by atoms with Crippen molar-refractivity contribution >= 4 is 23.4 Å². The van der Waals surface area contributed by atoms with E-state index in [0.29, 0.717) is 16.4 Å². The molecule has 0 bridgehead atoms. The van der Waals surface area contributed by atoms with Gasteiger partial charge in [-0.25, -0.2) is 4.39 Å². The second-order valence-electron chi connectivity index (χ2n) is 7.95. The molecule has 2 aromatic carbocycles. The summed E-state index contributed by atoms with van der Waals surface area (Å²) in [6.07, 6.45) is 3.55. The van der Waals surface area contributed by atoms with Gasteiger partial charge in [0, 0.05) is 11.4 Å². The second-order valence-corrected chi connectivity index (χ2v) is 8.90. The van der Waals surface area contributed by atoms with Gasteiger partial charge in [-0.3, -0.25) is 14.3 Å². The zero-order chi connectivity index (χ0) is 23.2. The van der Waals surface area contributed by atoms with Gasteiger partial charge in [0.25, 0.3) is 0 Å². The minimum Gasteiger partial charge on any atom is -0.325 e. The molecule has 0 aliphatic carbocycles. The summed E-state index contributed by atoms with van der Waals surface area (Å²) in [5, 5.41) is 21.2. The van der Waals surface area contributed by atoms with E-state index in [1.807, 2.05) is 4.57 Å². The topological polar surface area (TPSA) is 86.8 Å². The molecule has 1 fully saturated rings. The molecule has 9 heteroatoms. The highest BCUT2D eigenvalue weighted by Crippen LogP contribution is 2.29. The van der Waals surface area contributed by atoms with Crippen LogP contribution in [0.4, 0.5) is 10.1 Å². The normalized spacial score (nSPS) is 15.1. The van der Waals surface area contributed by atoms with Crippen LogP contribution < -0.4 is 5.32 Å². The molecule has 1 aromatic heterocycles. The smallest absolute Gasteiger partial charge is 0.234 e. The number of benzene rings is 2. The fraction of sp³-hybridized carbons (Fsp3) is 0.333. The number of hydrogen-bond donors (Lipinski definition) is 1. The van der Waals surface area contributed by atoms with Crippen LogP contribution in [-0.4, -0.2) is 44.4 Å². The van der Waals surface area contributed by atoms with Crippen LogP contribution in [0.15, 0.2) is 53.7 Å². The molecule has 1 saturated heterocycles. The number of carbonyl (C=O) groups excluding carboxylic acids is 1. The Morgan fingerprint density at radius 2 is 1.94 bits per heavy atom. The number of rotatable bonds is 7. The number of amides is 1. The van der Waals surface area contributed by atoms with Crippen molar-refractivity contribution in [3.63, 3.8) is 0 Å². The Morgan fingerprint density at radius 3 is 2.67 bits per heavy atom. The lowest BCUT2D eigenvalue weighted by atomic mass is 10.1. The van der Waals surface area contributed by atoms with Crippen molar-refractivity contribution in [2.24, 2.45) is 0 Å². The molecule has 170 valence electrons. The summed E-state index contributed by atoms with van der Waals surface area (Å²) < 4.78 is 15.5. The number of nitriles is 1. The van der Waals surface area contributed by atoms with Gasteiger partial charge in [0.15, 0.2) is 11.0 Å². The zero-order valence-electron chi connectivity index (χ0n) is 18.4. The maximum atomic E-state index is 13.6. The van der Waals surface area contributed by atoms with Crippen LogP contribution in [0.1, 0.15) is 43.6 Å². The molecule has 1 unspecified atom stereocenters. The Hall–Kier alpha value is -3.22. The van der Waals surface area contributed by atoms with E-state index in [1.54, 1.807) is 36.4 Å². The summed E-state index contributed by atoms with van der Waals surface area (Å²) >= 11 is 1.27. The van der Waals surface area contributed by atoms with E-state index in [4.69, 9.17) is 5.26 Å². The first-order chi connectivity index (χ1) is 16.0. The fourth-order valence-corrected chi connectivity index (χ4v) is 4.70. The average molecular weight is 465 g/mol. The van der Waals surface area contributed by atoms with Crippen molar-refractivity contribution in [2.75, 3.05) is 24.2 Å². The Labute approximate surface area is 196 Å². The quantitative estimate of drug-likeness (QED) is 0.516. The van der Waals surface area contributed by atoms with Crippen molar-refractivity contribution in [2.45, 2.75) is 37.4 Å². The number of likely N-dealkylation sites (tertiary alicyclic amines) is 1. The third-order valence-corrected chi connectivity index (χ3v) is 6.59. The van der Waals surface area contributed by atoms with Crippen LogP contribution in [0.25, 0.3) is 5.69 Å². The summed E-state index contributed by atoms with van der Waals surface area (Å²) in [4.78, 5) is 14.9. The van der Waals surface area contributed by atoms with E-state index < -0.39 is 0 Å².